The van der Waals surface area contributed by atoms with Gasteiger partial charge in [-0.2, -0.15) is 0 Å². The van der Waals surface area contributed by atoms with Crippen molar-refractivity contribution in [1.82, 2.24) is 0 Å². The Hall–Kier alpha value is -2.64. The van der Waals surface area contributed by atoms with Crippen LogP contribution in [0.25, 0.3) is 0 Å². The fourth-order valence-electron chi connectivity index (χ4n) is 5.02. The number of ether oxygens (including phenoxy) is 4. The fraction of sp³-hybridized carbons (Fsp3) is 0.647. The predicted octanol–water partition coefficient (Wildman–Crippen LogP) is 9.22. The van der Waals surface area contributed by atoms with Crippen LogP contribution in [0.2, 0.25) is 0 Å². The summed E-state index contributed by atoms with van der Waals surface area (Å²) in [5, 5.41) is 18.1. The average molecular weight is 569 g/mol. The summed E-state index contributed by atoms with van der Waals surface area (Å²) in [5.74, 6) is 1.09. The Kier molecular flexibility index (Phi) is 16.3. The molecule has 0 saturated carbocycles. The van der Waals surface area contributed by atoms with E-state index >= 15 is 0 Å². The highest BCUT2D eigenvalue weighted by Crippen LogP contribution is 2.34. The molecule has 1 aliphatic rings. The van der Waals surface area contributed by atoms with Crippen molar-refractivity contribution in [3.8, 4) is 11.5 Å². The van der Waals surface area contributed by atoms with E-state index in [1.807, 2.05) is 24.3 Å². The third-order valence-corrected chi connectivity index (χ3v) is 7.43. The molecule has 7 heteroatoms. The summed E-state index contributed by atoms with van der Waals surface area (Å²) in [6.07, 6.45) is 16.7. The molecule has 0 spiro atoms. The zero-order valence-electron chi connectivity index (χ0n) is 25.5. The number of fused-ring (bicyclic) bond motifs is 2. The Morgan fingerprint density at radius 1 is 0.610 bits per heavy atom. The zero-order chi connectivity index (χ0) is 29.0. The third kappa shape index (κ3) is 12.8. The summed E-state index contributed by atoms with van der Waals surface area (Å²) >= 11 is 0. The van der Waals surface area contributed by atoms with Crippen LogP contribution in [0, 0.1) is 5.21 Å². The van der Waals surface area contributed by atoms with Crippen molar-refractivity contribution in [1.29, 1.82) is 0 Å². The maximum absolute atomic E-state index is 13.6. The van der Waals surface area contributed by atoms with E-state index in [9.17, 15) is 5.21 Å². The standard InChI is InChI=1S/C34H52N2O5/c1-3-5-7-9-11-13-15-29-17-19-33-31(27-29)35-36(37)32-28-30(16-14-12-10-8-6-4-2)18-20-34(32)41-26-24-39-22-21-38-23-25-40-33/h17-20,27-28H,3-16,21-26H2,1-2H3. The van der Waals surface area contributed by atoms with Crippen LogP contribution in [0.1, 0.15) is 102 Å². The van der Waals surface area contributed by atoms with Gasteiger partial charge in [-0.25, -0.2) is 0 Å². The highest BCUT2D eigenvalue weighted by Gasteiger charge is 2.17. The van der Waals surface area contributed by atoms with Crippen LogP contribution in [0.4, 0.5) is 11.4 Å². The van der Waals surface area contributed by atoms with E-state index in [1.54, 1.807) is 0 Å². The molecule has 0 radical (unpaired) electrons. The lowest BCUT2D eigenvalue weighted by Crippen LogP contribution is -2.14. The molecule has 2 aromatic rings. The molecule has 1 heterocycles. The molecule has 7 nitrogen and oxygen atoms in total. The molecule has 0 aromatic heterocycles. The van der Waals surface area contributed by atoms with Gasteiger partial charge in [-0.05, 0) is 59.9 Å². The van der Waals surface area contributed by atoms with Crippen LogP contribution in [-0.2, 0) is 22.3 Å². The topological polar surface area (TPSA) is 75.4 Å². The lowest BCUT2D eigenvalue weighted by Gasteiger charge is -2.14. The molecule has 228 valence electrons. The number of nitrogens with zero attached hydrogens (tertiary/aromatic N) is 2. The third-order valence-electron chi connectivity index (χ3n) is 7.43. The quantitative estimate of drug-likeness (QED) is 0.129. The molecular formula is C34H52N2O5. The van der Waals surface area contributed by atoms with E-state index in [1.165, 1.54) is 64.2 Å². The summed E-state index contributed by atoms with van der Waals surface area (Å²) in [7, 11) is 0. The van der Waals surface area contributed by atoms with Gasteiger partial charge in [0, 0.05) is 11.2 Å². The average Bonchev–Trinajstić information content (AvgIpc) is 2.98. The number of azo groups is 1. The first-order valence-corrected chi connectivity index (χ1v) is 16.1. The van der Waals surface area contributed by atoms with E-state index in [2.05, 4.69) is 31.1 Å². The summed E-state index contributed by atoms with van der Waals surface area (Å²) < 4.78 is 23.2. The van der Waals surface area contributed by atoms with Crippen molar-refractivity contribution in [2.24, 2.45) is 5.11 Å². The molecule has 41 heavy (non-hydrogen) atoms. The molecule has 0 fully saturated rings. The van der Waals surface area contributed by atoms with Crippen molar-refractivity contribution in [2.45, 2.75) is 104 Å². The maximum Gasteiger partial charge on any atom is 0.286 e. The molecule has 3 rings (SSSR count). The monoisotopic (exact) mass is 568 g/mol. The van der Waals surface area contributed by atoms with Gasteiger partial charge in [-0.1, -0.05) is 90.2 Å². The summed E-state index contributed by atoms with van der Waals surface area (Å²) in [5.41, 5.74) is 3.23. The van der Waals surface area contributed by atoms with Crippen molar-refractivity contribution in [3.05, 3.63) is 52.7 Å². The van der Waals surface area contributed by atoms with Crippen molar-refractivity contribution >= 4 is 11.4 Å². The van der Waals surface area contributed by atoms with Crippen molar-refractivity contribution in [3.63, 3.8) is 0 Å². The SMILES string of the molecule is CCCCCCCCc1ccc2c(c1)N=[N+]([O-])c1cc(CCCCCCCC)ccc1OCCOCCOCCO2. The molecule has 0 amide bonds. The molecule has 2 aromatic carbocycles. The van der Waals surface area contributed by atoms with Crippen LogP contribution in [-0.4, -0.2) is 44.5 Å². The summed E-state index contributed by atoms with van der Waals surface area (Å²) in [6.45, 7) is 7.02. The first kappa shape index (κ1) is 32.9. The largest absolute Gasteiger partial charge is 0.594 e. The van der Waals surface area contributed by atoms with E-state index in [-0.39, 0.29) is 0 Å². The number of hydrogen-bond acceptors (Lipinski definition) is 6. The van der Waals surface area contributed by atoms with E-state index in [0.717, 1.165) is 36.8 Å². The van der Waals surface area contributed by atoms with E-state index in [4.69, 9.17) is 18.9 Å². The highest BCUT2D eigenvalue weighted by molar-refractivity contribution is 5.54. The fourth-order valence-corrected chi connectivity index (χ4v) is 5.02. The Balaban J connectivity index is 1.81. The van der Waals surface area contributed by atoms with E-state index < -0.39 is 0 Å². The van der Waals surface area contributed by atoms with Gasteiger partial charge in [0.2, 0.25) is 0 Å². The van der Waals surface area contributed by atoms with Crippen LogP contribution in [0.15, 0.2) is 41.5 Å². The first-order valence-electron chi connectivity index (χ1n) is 16.1. The Morgan fingerprint density at radius 3 is 1.71 bits per heavy atom. The van der Waals surface area contributed by atoms with Gasteiger partial charge >= 0.3 is 0 Å². The van der Waals surface area contributed by atoms with Crippen LogP contribution in [0.3, 0.4) is 0 Å². The minimum atomic E-state index is 0.347. The molecule has 1 aliphatic heterocycles. The lowest BCUT2D eigenvalue weighted by molar-refractivity contribution is -0.436. The Bertz CT molecular complexity index is 1030. The smallest absolute Gasteiger partial charge is 0.286 e. The second-order valence-electron chi connectivity index (χ2n) is 10.9. The van der Waals surface area contributed by atoms with Gasteiger partial charge in [-0.15, -0.1) is 0 Å². The van der Waals surface area contributed by atoms with Crippen molar-refractivity contribution < 1.29 is 23.8 Å². The minimum Gasteiger partial charge on any atom is -0.594 e. The number of hydrogen-bond donors (Lipinski definition) is 0. The Morgan fingerprint density at radius 2 is 1.10 bits per heavy atom. The maximum atomic E-state index is 13.6. The lowest BCUT2D eigenvalue weighted by atomic mass is 10.0. The van der Waals surface area contributed by atoms with Gasteiger partial charge in [0.25, 0.3) is 5.69 Å². The molecule has 0 aliphatic carbocycles. The molecular weight excluding hydrogens is 516 g/mol. The number of rotatable bonds is 14. The van der Waals surface area contributed by atoms with Gasteiger partial charge in [0.05, 0.1) is 26.4 Å². The van der Waals surface area contributed by atoms with Crippen molar-refractivity contribution in [2.75, 3.05) is 39.6 Å². The first-order chi connectivity index (χ1) is 20.2. The normalized spacial score (nSPS) is 14.8. The molecule has 0 N–H and O–H groups in total. The zero-order valence-corrected chi connectivity index (χ0v) is 25.5. The second kappa shape index (κ2) is 20.3. The minimum absolute atomic E-state index is 0.347. The molecule has 0 saturated heterocycles. The van der Waals surface area contributed by atoms with Gasteiger partial charge in [0.1, 0.15) is 13.2 Å². The van der Waals surface area contributed by atoms with Gasteiger partial charge in [0.15, 0.2) is 17.2 Å². The number of aryl methyl sites for hydroxylation is 2. The summed E-state index contributed by atoms with van der Waals surface area (Å²) in [4.78, 5) is 0.694. The van der Waals surface area contributed by atoms with Crippen LogP contribution in [0.5, 0.6) is 11.5 Å². The van der Waals surface area contributed by atoms with Gasteiger partial charge < -0.3 is 24.2 Å². The van der Waals surface area contributed by atoms with E-state index in [0.29, 0.717) is 67.4 Å². The predicted molar refractivity (Wildman–Crippen MR) is 165 cm³/mol. The molecule has 0 unspecified atom stereocenters. The highest BCUT2D eigenvalue weighted by atomic mass is 16.6. The Labute approximate surface area is 247 Å². The second-order valence-corrected chi connectivity index (χ2v) is 10.9. The van der Waals surface area contributed by atoms with Crippen LogP contribution >= 0.6 is 0 Å². The molecule has 0 atom stereocenters. The van der Waals surface area contributed by atoms with Crippen LogP contribution < -0.4 is 9.47 Å². The summed E-state index contributed by atoms with van der Waals surface area (Å²) in [6, 6.07) is 11.9. The number of benzene rings is 2. The number of unbranched alkanes of at least 4 members (excludes halogenated alkanes) is 10. The molecule has 0 bridgehead atoms. The van der Waals surface area contributed by atoms with Gasteiger partial charge in [-0.3, -0.25) is 0 Å².